The van der Waals surface area contributed by atoms with E-state index in [1.807, 2.05) is 31.2 Å². The molecule has 1 aromatic rings. The quantitative estimate of drug-likeness (QED) is 0.768. The molecule has 0 saturated carbocycles. The second-order valence-electron chi connectivity index (χ2n) is 4.70. The molecule has 0 radical (unpaired) electrons. The third-order valence-electron chi connectivity index (χ3n) is 3.28. The molecular formula is C15H18BrNO2S. The summed E-state index contributed by atoms with van der Waals surface area (Å²) in [5.74, 6) is 0. The Bertz CT molecular complexity index is 662. The molecule has 0 fully saturated rings. The van der Waals surface area contributed by atoms with Crippen LogP contribution in [-0.4, -0.2) is 19.3 Å². The summed E-state index contributed by atoms with van der Waals surface area (Å²) >= 11 is 3.39. The molecule has 0 atom stereocenters. The number of fused-ring (bicyclic) bond motifs is 1. The number of halogens is 1. The van der Waals surface area contributed by atoms with Crippen molar-refractivity contribution in [3.8, 4) is 0 Å². The van der Waals surface area contributed by atoms with Crippen molar-refractivity contribution in [2.24, 2.45) is 0 Å². The zero-order valence-electron chi connectivity index (χ0n) is 11.6. The van der Waals surface area contributed by atoms with Crippen LogP contribution < -0.4 is 0 Å². The maximum atomic E-state index is 12.5. The van der Waals surface area contributed by atoms with Crippen molar-refractivity contribution in [2.75, 3.05) is 6.54 Å². The van der Waals surface area contributed by atoms with E-state index in [9.17, 15) is 8.42 Å². The zero-order valence-corrected chi connectivity index (χ0v) is 14.0. The second kappa shape index (κ2) is 6.24. The fourth-order valence-corrected chi connectivity index (χ4v) is 4.20. The van der Waals surface area contributed by atoms with Crippen LogP contribution in [0.4, 0.5) is 0 Å². The summed E-state index contributed by atoms with van der Waals surface area (Å²) in [5.41, 5.74) is 1.87. The van der Waals surface area contributed by atoms with Crippen LogP contribution in [0.15, 0.2) is 51.4 Å². The number of benzene rings is 1. The van der Waals surface area contributed by atoms with Gasteiger partial charge in [0.25, 0.3) is 0 Å². The highest BCUT2D eigenvalue weighted by Gasteiger charge is 2.34. The molecule has 0 aromatic heterocycles. The largest absolute Gasteiger partial charge is 0.244 e. The number of sulfonamides is 1. The molecular weight excluding hydrogens is 338 g/mol. The number of hydrogen-bond acceptors (Lipinski definition) is 2. The van der Waals surface area contributed by atoms with Crippen molar-refractivity contribution >= 4 is 26.0 Å². The van der Waals surface area contributed by atoms with Gasteiger partial charge in [0.1, 0.15) is 0 Å². The van der Waals surface area contributed by atoms with Gasteiger partial charge in [-0.15, -0.1) is 0 Å². The highest BCUT2D eigenvalue weighted by atomic mass is 79.9. The minimum Gasteiger partial charge on any atom is -0.207 e. The van der Waals surface area contributed by atoms with E-state index in [1.54, 1.807) is 12.1 Å². The van der Waals surface area contributed by atoms with E-state index in [0.29, 0.717) is 18.0 Å². The lowest BCUT2D eigenvalue weighted by molar-refractivity contribution is 0.453. The van der Waals surface area contributed by atoms with Crippen molar-refractivity contribution in [2.45, 2.75) is 31.7 Å². The summed E-state index contributed by atoms with van der Waals surface area (Å²) in [6, 6.07) is 5.32. The molecule has 2 rings (SSSR count). The molecule has 0 bridgehead atoms. The second-order valence-corrected chi connectivity index (χ2v) is 7.52. The van der Waals surface area contributed by atoms with Gasteiger partial charge in [-0.2, -0.15) is 4.31 Å². The van der Waals surface area contributed by atoms with Gasteiger partial charge in [0, 0.05) is 17.6 Å². The number of hydrogen-bond donors (Lipinski definition) is 0. The summed E-state index contributed by atoms with van der Waals surface area (Å²) in [7, 11) is -3.36. The molecule has 0 N–H and O–H groups in total. The van der Waals surface area contributed by atoms with E-state index in [2.05, 4.69) is 22.9 Å². The average Bonchev–Trinajstić information content (AvgIpc) is 2.65. The summed E-state index contributed by atoms with van der Waals surface area (Å²) < 4.78 is 27.4. The van der Waals surface area contributed by atoms with Crippen molar-refractivity contribution < 1.29 is 8.42 Å². The topological polar surface area (TPSA) is 37.4 Å². The molecule has 0 spiro atoms. The summed E-state index contributed by atoms with van der Waals surface area (Å²) in [6.45, 7) is 4.85. The van der Waals surface area contributed by atoms with E-state index in [1.165, 1.54) is 4.31 Å². The Labute approximate surface area is 129 Å². The average molecular weight is 356 g/mol. The number of nitrogens with zero attached hydrogens (tertiary/aromatic N) is 1. The van der Waals surface area contributed by atoms with Crippen LogP contribution in [0.2, 0.25) is 0 Å². The van der Waals surface area contributed by atoms with Crippen LogP contribution in [-0.2, 0) is 16.6 Å². The van der Waals surface area contributed by atoms with Gasteiger partial charge in [-0.25, -0.2) is 8.42 Å². The Morgan fingerprint density at radius 3 is 2.85 bits per heavy atom. The molecule has 3 nitrogen and oxygen atoms in total. The highest BCUT2D eigenvalue weighted by Crippen LogP contribution is 2.32. The first-order chi connectivity index (χ1) is 9.48. The van der Waals surface area contributed by atoms with E-state index in [-0.39, 0.29) is 0 Å². The highest BCUT2D eigenvalue weighted by molar-refractivity contribution is 9.10. The Kier molecular flexibility index (Phi) is 4.83. The van der Waals surface area contributed by atoms with Gasteiger partial charge in [-0.05, 0) is 42.7 Å². The van der Waals surface area contributed by atoms with Crippen molar-refractivity contribution in [3.05, 3.63) is 52.0 Å². The van der Waals surface area contributed by atoms with Gasteiger partial charge < -0.3 is 0 Å². The molecule has 20 heavy (non-hydrogen) atoms. The fourth-order valence-electron chi connectivity index (χ4n) is 2.19. The predicted octanol–water partition coefficient (Wildman–Crippen LogP) is 3.87. The maximum absolute atomic E-state index is 12.5. The lowest BCUT2D eigenvalue weighted by Crippen LogP contribution is -2.26. The number of rotatable bonds is 4. The SMILES string of the molecule is C/C=C(\C=C/CC)CN1Cc2cc(Br)ccc2S1(=O)=O. The molecule has 1 aliphatic rings. The lowest BCUT2D eigenvalue weighted by atomic mass is 10.2. The van der Waals surface area contributed by atoms with Crippen LogP contribution in [0.25, 0.3) is 0 Å². The van der Waals surface area contributed by atoms with Gasteiger partial charge in [-0.1, -0.05) is 41.1 Å². The zero-order chi connectivity index (χ0) is 14.8. The molecule has 0 aliphatic carbocycles. The van der Waals surface area contributed by atoms with Crippen molar-refractivity contribution in [1.29, 1.82) is 0 Å². The minimum absolute atomic E-state index is 0.418. The monoisotopic (exact) mass is 355 g/mol. The number of allylic oxidation sites excluding steroid dienone is 2. The molecule has 0 amide bonds. The first-order valence-corrected chi connectivity index (χ1v) is 8.82. The van der Waals surface area contributed by atoms with E-state index in [4.69, 9.17) is 0 Å². The summed E-state index contributed by atoms with van der Waals surface area (Å²) in [5, 5.41) is 0. The van der Waals surface area contributed by atoms with Gasteiger partial charge in [0.2, 0.25) is 10.0 Å². The standard InChI is InChI=1S/C15H18BrNO2S/c1-3-5-6-12(4-2)10-17-11-13-9-14(16)7-8-15(13)20(17,18)19/h4-9H,3,10-11H2,1-2H3/b6-5-,12-4+. The first-order valence-electron chi connectivity index (χ1n) is 6.59. The van der Waals surface area contributed by atoms with Gasteiger partial charge in [0.05, 0.1) is 4.90 Å². The molecule has 108 valence electrons. The van der Waals surface area contributed by atoms with Gasteiger partial charge in [-0.3, -0.25) is 0 Å². The maximum Gasteiger partial charge on any atom is 0.244 e. The minimum atomic E-state index is -3.36. The first kappa shape index (κ1) is 15.5. The molecule has 0 unspecified atom stereocenters. The van der Waals surface area contributed by atoms with Crippen LogP contribution in [0, 0.1) is 0 Å². The normalized spacial score (nSPS) is 18.6. The Morgan fingerprint density at radius 2 is 2.20 bits per heavy atom. The van der Waals surface area contributed by atoms with Crippen LogP contribution in [0.1, 0.15) is 25.8 Å². The Hall–Kier alpha value is -0.910. The Balaban J connectivity index is 2.27. The third-order valence-corrected chi connectivity index (χ3v) is 5.67. The van der Waals surface area contributed by atoms with Crippen LogP contribution in [0.3, 0.4) is 0 Å². The molecule has 5 heteroatoms. The third kappa shape index (κ3) is 3.05. The smallest absolute Gasteiger partial charge is 0.207 e. The lowest BCUT2D eigenvalue weighted by Gasteiger charge is -2.15. The van der Waals surface area contributed by atoms with Crippen molar-refractivity contribution in [3.63, 3.8) is 0 Å². The van der Waals surface area contributed by atoms with E-state index in [0.717, 1.165) is 22.0 Å². The van der Waals surface area contributed by atoms with Crippen LogP contribution in [0.5, 0.6) is 0 Å². The molecule has 1 heterocycles. The fraction of sp³-hybridized carbons (Fsp3) is 0.333. The van der Waals surface area contributed by atoms with E-state index >= 15 is 0 Å². The summed E-state index contributed by atoms with van der Waals surface area (Å²) in [4.78, 5) is 0.427. The summed E-state index contributed by atoms with van der Waals surface area (Å²) in [6.07, 6.45) is 6.94. The molecule has 1 aromatic carbocycles. The van der Waals surface area contributed by atoms with Gasteiger partial charge >= 0.3 is 0 Å². The molecule has 1 aliphatic heterocycles. The van der Waals surface area contributed by atoms with Crippen LogP contribution >= 0.6 is 15.9 Å². The van der Waals surface area contributed by atoms with Gasteiger partial charge in [0.15, 0.2) is 0 Å². The van der Waals surface area contributed by atoms with E-state index < -0.39 is 10.0 Å². The Morgan fingerprint density at radius 1 is 1.45 bits per heavy atom. The van der Waals surface area contributed by atoms with Crippen molar-refractivity contribution in [1.82, 2.24) is 4.31 Å². The molecule has 0 saturated heterocycles. The predicted molar refractivity (Wildman–Crippen MR) is 84.9 cm³/mol.